The Labute approximate surface area is 198 Å². The van der Waals surface area contributed by atoms with E-state index in [0.717, 1.165) is 6.42 Å². The zero-order valence-electron chi connectivity index (χ0n) is 19.0. The monoisotopic (exact) mass is 490 g/mol. The van der Waals surface area contributed by atoms with E-state index in [2.05, 4.69) is 16.5 Å². The predicted molar refractivity (Wildman–Crippen MR) is 123 cm³/mol. The maximum atomic E-state index is 13.9. The van der Waals surface area contributed by atoms with Gasteiger partial charge in [0.1, 0.15) is 10.6 Å². The van der Waals surface area contributed by atoms with E-state index in [0.29, 0.717) is 35.3 Å². The van der Waals surface area contributed by atoms with Crippen LogP contribution in [0.4, 0.5) is 19.6 Å². The number of thiazole rings is 1. The minimum Gasteiger partial charge on any atom is -0.444 e. The number of nitrogens with zero attached hydrogens (tertiary/aromatic N) is 4. The second kappa shape index (κ2) is 7.93. The molecular formula is C23H24F2N4O4S. The van der Waals surface area contributed by atoms with Crippen LogP contribution < -0.4 is 9.64 Å². The van der Waals surface area contributed by atoms with Gasteiger partial charge in [-0.3, -0.25) is 4.90 Å². The first-order chi connectivity index (χ1) is 16.0. The van der Waals surface area contributed by atoms with Gasteiger partial charge in [-0.1, -0.05) is 6.58 Å². The number of rotatable bonds is 5. The smallest absolute Gasteiger partial charge is 0.419 e. The number of fused-ring (bicyclic) bond motifs is 3. The fraction of sp³-hybridized carbons (Fsp3) is 0.435. The van der Waals surface area contributed by atoms with Crippen molar-refractivity contribution in [2.24, 2.45) is 0 Å². The molecule has 3 saturated heterocycles. The molecule has 8 nitrogen and oxygen atoms in total. The molecule has 2 aromatic heterocycles. The average Bonchev–Trinajstić information content (AvgIpc) is 3.43. The van der Waals surface area contributed by atoms with Crippen molar-refractivity contribution in [3.05, 3.63) is 36.4 Å². The zero-order chi connectivity index (χ0) is 24.3. The van der Waals surface area contributed by atoms with E-state index in [-0.39, 0.29) is 35.5 Å². The molecule has 6 rings (SSSR count). The Bertz CT molecular complexity index is 1230. The Hall–Kier alpha value is -3.21. The first kappa shape index (κ1) is 22.6. The van der Waals surface area contributed by atoms with Crippen molar-refractivity contribution in [1.29, 1.82) is 0 Å². The van der Waals surface area contributed by atoms with Gasteiger partial charge in [-0.15, -0.1) is 11.3 Å². The second-order valence-electron chi connectivity index (χ2n) is 9.33. The lowest BCUT2D eigenvalue weighted by Gasteiger charge is -2.55. The van der Waals surface area contributed by atoms with Gasteiger partial charge in [-0.05, 0) is 39.3 Å². The van der Waals surface area contributed by atoms with Gasteiger partial charge in [0.15, 0.2) is 16.8 Å². The average molecular weight is 491 g/mol. The minimum atomic E-state index is -3.56. The molecule has 2 atom stereocenters. The summed E-state index contributed by atoms with van der Waals surface area (Å²) in [5.74, 6) is -0.118. The maximum Gasteiger partial charge on any atom is 0.419 e. The number of piperidine rings is 1. The van der Waals surface area contributed by atoms with Gasteiger partial charge in [-0.25, -0.2) is 9.78 Å². The molecule has 3 aromatic rings. The number of hydrogen-bond donors (Lipinski definition) is 0. The van der Waals surface area contributed by atoms with Crippen molar-refractivity contribution in [2.45, 2.75) is 51.0 Å². The topological polar surface area (TPSA) is 80.9 Å². The molecule has 180 valence electrons. The quantitative estimate of drug-likeness (QED) is 0.449. The molecular weight excluding hydrogens is 466 g/mol. The van der Waals surface area contributed by atoms with Crippen molar-refractivity contribution >= 4 is 34.5 Å². The van der Waals surface area contributed by atoms with Gasteiger partial charge < -0.3 is 18.8 Å². The van der Waals surface area contributed by atoms with E-state index in [9.17, 15) is 13.6 Å². The molecule has 2 unspecified atom stereocenters. The number of carbonyl (C=O) groups excluding carboxylic acids is 1. The summed E-state index contributed by atoms with van der Waals surface area (Å²) in [6, 6.07) is 3.26. The second-order valence-corrected chi connectivity index (χ2v) is 10.2. The fourth-order valence-corrected chi connectivity index (χ4v) is 4.94. The Morgan fingerprint density at radius 1 is 1.29 bits per heavy atom. The minimum absolute atomic E-state index is 0.0390. The van der Waals surface area contributed by atoms with E-state index in [4.69, 9.17) is 13.9 Å². The number of amides is 1. The standard InChI is InChI=1S/C23H24F2N4O4S/c1-5-23(24,25)32-16-7-6-15(19-26-8-9-34-19)18-17(16)27-20(31-18)28-11-13-10-14(12-28)29(13)21(30)33-22(2,3)4/h5-9,13-14H,1,10-12H2,2-4H3. The third kappa shape index (κ3) is 4.08. The van der Waals surface area contributed by atoms with Gasteiger partial charge in [0, 0.05) is 30.7 Å². The fourth-order valence-electron chi connectivity index (χ4n) is 4.28. The van der Waals surface area contributed by atoms with Crippen LogP contribution >= 0.6 is 11.3 Å². The van der Waals surface area contributed by atoms with Gasteiger partial charge in [0.05, 0.1) is 17.6 Å². The molecule has 1 aromatic carbocycles. The molecule has 0 spiro atoms. The number of benzene rings is 1. The number of carbonyl (C=O) groups is 1. The molecule has 2 bridgehead atoms. The zero-order valence-corrected chi connectivity index (χ0v) is 19.8. The number of anilines is 1. The van der Waals surface area contributed by atoms with Crippen LogP contribution in [0, 0.1) is 0 Å². The van der Waals surface area contributed by atoms with E-state index >= 15 is 0 Å². The van der Waals surface area contributed by atoms with Crippen molar-refractivity contribution in [3.63, 3.8) is 0 Å². The highest BCUT2D eigenvalue weighted by Crippen LogP contribution is 2.41. The number of piperazine rings is 1. The lowest BCUT2D eigenvalue weighted by Crippen LogP contribution is -2.70. The first-order valence-electron chi connectivity index (χ1n) is 10.8. The van der Waals surface area contributed by atoms with E-state index in [1.54, 1.807) is 17.2 Å². The van der Waals surface area contributed by atoms with Crippen molar-refractivity contribution in [1.82, 2.24) is 14.9 Å². The molecule has 1 amide bonds. The molecule has 3 aliphatic rings. The third-order valence-corrected chi connectivity index (χ3v) is 6.52. The van der Waals surface area contributed by atoms with Crippen molar-refractivity contribution < 1.29 is 27.5 Å². The van der Waals surface area contributed by atoms with Crippen LogP contribution in [0.25, 0.3) is 21.7 Å². The number of oxazole rings is 1. The van der Waals surface area contributed by atoms with Crippen LogP contribution in [-0.4, -0.2) is 57.8 Å². The Morgan fingerprint density at radius 3 is 2.65 bits per heavy atom. The number of alkyl halides is 2. The number of aromatic nitrogens is 2. The molecule has 11 heteroatoms. The predicted octanol–water partition coefficient (Wildman–Crippen LogP) is 5.31. The van der Waals surface area contributed by atoms with E-state index in [1.165, 1.54) is 17.4 Å². The summed E-state index contributed by atoms with van der Waals surface area (Å²) in [5, 5.41) is 2.49. The number of halogens is 2. The molecule has 0 N–H and O–H groups in total. The maximum absolute atomic E-state index is 13.9. The van der Waals surface area contributed by atoms with E-state index < -0.39 is 11.7 Å². The summed E-state index contributed by atoms with van der Waals surface area (Å²) in [5.41, 5.74) is 0.547. The summed E-state index contributed by atoms with van der Waals surface area (Å²) < 4.78 is 44.4. The van der Waals surface area contributed by atoms with Gasteiger partial charge >= 0.3 is 12.2 Å². The van der Waals surface area contributed by atoms with Crippen LogP contribution in [0.5, 0.6) is 5.75 Å². The summed E-state index contributed by atoms with van der Waals surface area (Å²) in [4.78, 5) is 25.1. The summed E-state index contributed by atoms with van der Waals surface area (Å²) in [6.07, 6.45) is -0.949. The Morgan fingerprint density at radius 2 is 2.03 bits per heavy atom. The summed E-state index contributed by atoms with van der Waals surface area (Å²) >= 11 is 1.40. The van der Waals surface area contributed by atoms with Crippen LogP contribution in [0.2, 0.25) is 0 Å². The first-order valence-corrected chi connectivity index (χ1v) is 11.7. The van der Waals surface area contributed by atoms with Crippen LogP contribution in [0.3, 0.4) is 0 Å². The van der Waals surface area contributed by atoms with Gasteiger partial charge in [0.2, 0.25) is 0 Å². The highest BCUT2D eigenvalue weighted by Gasteiger charge is 2.49. The van der Waals surface area contributed by atoms with Crippen molar-refractivity contribution in [3.8, 4) is 16.3 Å². The van der Waals surface area contributed by atoms with Gasteiger partial charge in [0.25, 0.3) is 6.01 Å². The molecule has 5 heterocycles. The summed E-state index contributed by atoms with van der Waals surface area (Å²) in [7, 11) is 0. The number of ether oxygens (including phenoxy) is 2. The molecule has 0 saturated carbocycles. The highest BCUT2D eigenvalue weighted by molar-refractivity contribution is 7.13. The van der Waals surface area contributed by atoms with Crippen LogP contribution in [-0.2, 0) is 4.74 Å². The molecule has 3 fully saturated rings. The van der Waals surface area contributed by atoms with Crippen LogP contribution in [0.15, 0.2) is 40.8 Å². The number of hydrogen-bond acceptors (Lipinski definition) is 8. The summed E-state index contributed by atoms with van der Waals surface area (Å²) in [6.45, 7) is 9.61. The molecule has 0 radical (unpaired) electrons. The Kier molecular flexibility index (Phi) is 5.27. The normalized spacial score (nSPS) is 20.3. The van der Waals surface area contributed by atoms with Gasteiger partial charge in [-0.2, -0.15) is 13.8 Å². The highest BCUT2D eigenvalue weighted by atomic mass is 32.1. The SMILES string of the molecule is C=CC(F)(F)Oc1ccc(-c2nccs2)c2oc(N3CC4CC(C3)N4C(=O)OC(C)(C)C)nc12. The molecule has 34 heavy (non-hydrogen) atoms. The Balaban J connectivity index is 1.45. The largest absolute Gasteiger partial charge is 0.444 e. The van der Waals surface area contributed by atoms with E-state index in [1.807, 2.05) is 31.1 Å². The lowest BCUT2D eigenvalue weighted by atomic mass is 9.88. The van der Waals surface area contributed by atoms with Crippen LogP contribution in [0.1, 0.15) is 27.2 Å². The molecule has 3 aliphatic heterocycles. The van der Waals surface area contributed by atoms with Crippen molar-refractivity contribution in [2.75, 3.05) is 18.0 Å². The third-order valence-electron chi connectivity index (χ3n) is 5.71. The lowest BCUT2D eigenvalue weighted by molar-refractivity contribution is -0.130. The molecule has 0 aliphatic carbocycles.